The third-order valence-corrected chi connectivity index (χ3v) is 6.28. The Labute approximate surface area is 120 Å². The minimum atomic E-state index is -3.36. The van der Waals surface area contributed by atoms with Gasteiger partial charge in [0.15, 0.2) is 21.3 Å². The first-order chi connectivity index (χ1) is 9.56. The van der Waals surface area contributed by atoms with Crippen LogP contribution in [0.4, 0.5) is 0 Å². The Morgan fingerprint density at radius 2 is 2.05 bits per heavy atom. The number of thiophene rings is 1. The van der Waals surface area contributed by atoms with Crippen molar-refractivity contribution in [3.63, 3.8) is 0 Å². The van der Waals surface area contributed by atoms with Crippen molar-refractivity contribution in [2.45, 2.75) is 10.3 Å². The molecule has 1 aromatic heterocycles. The van der Waals surface area contributed by atoms with E-state index in [1.54, 1.807) is 35.7 Å². The molecule has 3 rings (SSSR count). The van der Waals surface area contributed by atoms with Crippen LogP contribution in [0.3, 0.4) is 0 Å². The van der Waals surface area contributed by atoms with Gasteiger partial charge in [-0.05, 0) is 29.1 Å². The minimum Gasteiger partial charge on any atom is -0.454 e. The lowest BCUT2D eigenvalue weighted by molar-refractivity contribution is 0.174. The van der Waals surface area contributed by atoms with Crippen molar-refractivity contribution >= 4 is 21.2 Å². The SMILES string of the molecule is NC(CS(=O)(=O)c1cccs1)c1ccc2c(c1)OCO2. The van der Waals surface area contributed by atoms with Crippen LogP contribution in [0.1, 0.15) is 11.6 Å². The van der Waals surface area contributed by atoms with Gasteiger partial charge in [-0.25, -0.2) is 8.42 Å². The highest BCUT2D eigenvalue weighted by molar-refractivity contribution is 7.93. The molecule has 1 unspecified atom stereocenters. The van der Waals surface area contributed by atoms with Crippen LogP contribution in [-0.2, 0) is 9.84 Å². The normalized spacial score (nSPS) is 15.2. The van der Waals surface area contributed by atoms with Gasteiger partial charge in [-0.15, -0.1) is 11.3 Å². The molecule has 0 bridgehead atoms. The molecule has 0 spiro atoms. The van der Waals surface area contributed by atoms with Gasteiger partial charge in [0.25, 0.3) is 0 Å². The first kappa shape index (κ1) is 13.4. The maximum absolute atomic E-state index is 12.2. The van der Waals surface area contributed by atoms with Gasteiger partial charge in [-0.1, -0.05) is 12.1 Å². The summed E-state index contributed by atoms with van der Waals surface area (Å²) in [5.74, 6) is 1.13. The van der Waals surface area contributed by atoms with E-state index in [-0.39, 0.29) is 12.5 Å². The highest BCUT2D eigenvalue weighted by atomic mass is 32.2. The second-order valence-electron chi connectivity index (χ2n) is 4.43. The average Bonchev–Trinajstić information content (AvgIpc) is 3.09. The summed E-state index contributed by atoms with van der Waals surface area (Å²) >= 11 is 1.20. The molecule has 1 aromatic carbocycles. The fraction of sp³-hybridized carbons (Fsp3) is 0.231. The van der Waals surface area contributed by atoms with E-state index in [0.717, 1.165) is 5.56 Å². The van der Waals surface area contributed by atoms with Crippen molar-refractivity contribution in [2.24, 2.45) is 5.73 Å². The van der Waals surface area contributed by atoms with E-state index < -0.39 is 15.9 Å². The van der Waals surface area contributed by atoms with Crippen LogP contribution in [0.25, 0.3) is 0 Å². The van der Waals surface area contributed by atoms with E-state index in [9.17, 15) is 8.42 Å². The fourth-order valence-electron chi connectivity index (χ4n) is 2.00. The van der Waals surface area contributed by atoms with Gasteiger partial charge in [0, 0.05) is 6.04 Å². The molecule has 1 aliphatic rings. The van der Waals surface area contributed by atoms with Crippen molar-refractivity contribution in [1.29, 1.82) is 0 Å². The van der Waals surface area contributed by atoms with Crippen LogP contribution in [0.2, 0.25) is 0 Å². The van der Waals surface area contributed by atoms with Crippen LogP contribution in [0, 0.1) is 0 Å². The zero-order valence-corrected chi connectivity index (χ0v) is 12.1. The molecular weight excluding hydrogens is 298 g/mol. The third kappa shape index (κ3) is 2.52. The van der Waals surface area contributed by atoms with E-state index in [1.807, 2.05) is 0 Å². The number of sulfone groups is 1. The minimum absolute atomic E-state index is 0.132. The lowest BCUT2D eigenvalue weighted by Gasteiger charge is -2.12. The van der Waals surface area contributed by atoms with E-state index in [2.05, 4.69) is 0 Å². The van der Waals surface area contributed by atoms with Crippen LogP contribution in [-0.4, -0.2) is 21.0 Å². The molecule has 20 heavy (non-hydrogen) atoms. The highest BCUT2D eigenvalue weighted by Gasteiger charge is 2.22. The molecule has 0 aliphatic carbocycles. The zero-order chi connectivity index (χ0) is 14.2. The number of hydrogen-bond donors (Lipinski definition) is 1. The quantitative estimate of drug-likeness (QED) is 0.933. The van der Waals surface area contributed by atoms with Crippen molar-refractivity contribution < 1.29 is 17.9 Å². The van der Waals surface area contributed by atoms with E-state index in [0.29, 0.717) is 15.7 Å². The van der Waals surface area contributed by atoms with Gasteiger partial charge in [-0.3, -0.25) is 0 Å². The predicted molar refractivity (Wildman–Crippen MR) is 75.9 cm³/mol. The summed E-state index contributed by atoms with van der Waals surface area (Å²) in [5.41, 5.74) is 6.73. The maximum atomic E-state index is 12.2. The Morgan fingerprint density at radius 1 is 1.25 bits per heavy atom. The molecule has 2 heterocycles. The summed E-state index contributed by atoms with van der Waals surface area (Å²) in [5, 5.41) is 1.74. The molecule has 2 aromatic rings. The van der Waals surface area contributed by atoms with Crippen molar-refractivity contribution in [2.75, 3.05) is 12.5 Å². The van der Waals surface area contributed by atoms with Crippen molar-refractivity contribution in [3.05, 3.63) is 41.3 Å². The lowest BCUT2D eigenvalue weighted by Crippen LogP contribution is -2.21. The Morgan fingerprint density at radius 3 is 2.80 bits per heavy atom. The summed E-state index contributed by atoms with van der Waals surface area (Å²) < 4.78 is 35.2. The number of fused-ring (bicyclic) bond motifs is 1. The van der Waals surface area contributed by atoms with Gasteiger partial charge in [0.05, 0.1) is 5.75 Å². The summed E-state index contributed by atoms with van der Waals surface area (Å²) in [6.45, 7) is 0.182. The molecule has 5 nitrogen and oxygen atoms in total. The Balaban J connectivity index is 1.81. The molecule has 1 aliphatic heterocycles. The number of benzene rings is 1. The molecule has 7 heteroatoms. The number of nitrogens with two attached hydrogens (primary N) is 1. The molecular formula is C13H13NO4S2. The Hall–Kier alpha value is -1.57. The van der Waals surface area contributed by atoms with Gasteiger partial charge in [-0.2, -0.15) is 0 Å². The molecule has 0 amide bonds. The van der Waals surface area contributed by atoms with Gasteiger partial charge in [0.2, 0.25) is 6.79 Å². The van der Waals surface area contributed by atoms with Crippen LogP contribution in [0.5, 0.6) is 11.5 Å². The number of hydrogen-bond acceptors (Lipinski definition) is 6. The second kappa shape index (κ2) is 5.08. The van der Waals surface area contributed by atoms with Crippen molar-refractivity contribution in [3.8, 4) is 11.5 Å². The molecule has 0 saturated carbocycles. The predicted octanol–water partition coefficient (Wildman–Crippen LogP) is 1.95. The Bertz CT molecular complexity index is 710. The van der Waals surface area contributed by atoms with Crippen LogP contribution < -0.4 is 15.2 Å². The molecule has 2 N–H and O–H groups in total. The summed E-state index contributed by atoms with van der Waals surface area (Å²) in [6.07, 6.45) is 0. The topological polar surface area (TPSA) is 78.6 Å². The number of ether oxygens (including phenoxy) is 2. The number of rotatable bonds is 4. The summed E-state index contributed by atoms with van der Waals surface area (Å²) in [7, 11) is -3.36. The highest BCUT2D eigenvalue weighted by Crippen LogP contribution is 2.34. The standard InChI is InChI=1S/C13H13NO4S2/c14-10(7-20(15,16)13-2-1-5-19-13)9-3-4-11-12(6-9)18-8-17-11/h1-6,10H,7-8,14H2. The van der Waals surface area contributed by atoms with E-state index >= 15 is 0 Å². The second-order valence-corrected chi connectivity index (χ2v) is 7.64. The van der Waals surface area contributed by atoms with Crippen LogP contribution >= 0.6 is 11.3 Å². The average molecular weight is 311 g/mol. The Kier molecular flexibility index (Phi) is 3.41. The fourth-order valence-corrected chi connectivity index (χ4v) is 4.52. The van der Waals surface area contributed by atoms with E-state index in [1.165, 1.54) is 11.3 Å². The summed E-state index contributed by atoms with van der Waals surface area (Å²) in [4.78, 5) is 0. The van der Waals surface area contributed by atoms with E-state index in [4.69, 9.17) is 15.2 Å². The first-order valence-electron chi connectivity index (χ1n) is 5.98. The summed E-state index contributed by atoms with van der Waals surface area (Å²) in [6, 6.07) is 7.95. The van der Waals surface area contributed by atoms with Gasteiger partial charge in [0.1, 0.15) is 4.21 Å². The molecule has 106 valence electrons. The lowest BCUT2D eigenvalue weighted by atomic mass is 10.1. The molecule has 0 fully saturated rings. The zero-order valence-electron chi connectivity index (χ0n) is 10.5. The smallest absolute Gasteiger partial charge is 0.231 e. The molecule has 0 radical (unpaired) electrons. The largest absolute Gasteiger partial charge is 0.454 e. The molecule has 0 saturated heterocycles. The molecule has 1 atom stereocenters. The first-order valence-corrected chi connectivity index (χ1v) is 8.51. The monoisotopic (exact) mass is 311 g/mol. The maximum Gasteiger partial charge on any atom is 0.231 e. The third-order valence-electron chi connectivity index (χ3n) is 3.03. The van der Waals surface area contributed by atoms with Gasteiger partial charge < -0.3 is 15.2 Å². The van der Waals surface area contributed by atoms with Crippen LogP contribution in [0.15, 0.2) is 39.9 Å². The van der Waals surface area contributed by atoms with Gasteiger partial charge >= 0.3 is 0 Å². The van der Waals surface area contributed by atoms with Crippen molar-refractivity contribution in [1.82, 2.24) is 0 Å².